The molecule has 2 heteroatoms. The Morgan fingerprint density at radius 2 is 1.45 bits per heavy atom. The van der Waals surface area contributed by atoms with Gasteiger partial charge in [0, 0.05) is 6.04 Å². The van der Waals surface area contributed by atoms with E-state index in [2.05, 4.69) is 24.1 Å². The van der Waals surface area contributed by atoms with Gasteiger partial charge in [-0.15, -0.1) is 0 Å². The summed E-state index contributed by atoms with van der Waals surface area (Å²) in [5.74, 6) is 3.95. The molecule has 0 bridgehead atoms. The molecule has 1 heterocycles. The van der Waals surface area contributed by atoms with Crippen molar-refractivity contribution in [3.8, 4) is 0 Å². The average molecular weight is 307 g/mol. The predicted octanol–water partition coefficient (Wildman–Crippen LogP) is 4.30. The van der Waals surface area contributed by atoms with Gasteiger partial charge in [-0.3, -0.25) is 0 Å². The summed E-state index contributed by atoms with van der Waals surface area (Å²) >= 11 is 0. The maximum atomic E-state index is 3.81. The van der Waals surface area contributed by atoms with Crippen LogP contribution in [0.3, 0.4) is 0 Å². The largest absolute Gasteiger partial charge is 0.314 e. The van der Waals surface area contributed by atoms with E-state index in [1.807, 2.05) is 0 Å². The van der Waals surface area contributed by atoms with Crippen LogP contribution in [0.15, 0.2) is 0 Å². The van der Waals surface area contributed by atoms with Gasteiger partial charge >= 0.3 is 0 Å². The van der Waals surface area contributed by atoms with E-state index in [0.717, 1.165) is 29.7 Å². The Balaban J connectivity index is 1.24. The van der Waals surface area contributed by atoms with Crippen molar-refractivity contribution in [2.45, 2.75) is 77.7 Å². The van der Waals surface area contributed by atoms with E-state index in [9.17, 15) is 0 Å². The number of nitrogens with one attached hydrogen (secondary N) is 1. The van der Waals surface area contributed by atoms with Gasteiger partial charge in [0.2, 0.25) is 0 Å². The number of hydrogen-bond acceptors (Lipinski definition) is 2. The number of hydrogen-bond donors (Lipinski definition) is 1. The van der Waals surface area contributed by atoms with Gasteiger partial charge < -0.3 is 10.2 Å². The highest BCUT2D eigenvalue weighted by Crippen LogP contribution is 2.32. The van der Waals surface area contributed by atoms with Gasteiger partial charge in [-0.2, -0.15) is 0 Å². The van der Waals surface area contributed by atoms with E-state index in [4.69, 9.17) is 0 Å². The molecule has 0 spiro atoms. The molecule has 1 saturated heterocycles. The summed E-state index contributed by atoms with van der Waals surface area (Å²) in [7, 11) is 0. The zero-order valence-electron chi connectivity index (χ0n) is 15.0. The molecule has 3 aliphatic rings. The summed E-state index contributed by atoms with van der Waals surface area (Å²) in [6.45, 7) is 10.2. The quantitative estimate of drug-likeness (QED) is 0.787. The summed E-state index contributed by atoms with van der Waals surface area (Å²) in [6.07, 6.45) is 13.1. The third-order valence-corrected chi connectivity index (χ3v) is 6.77. The van der Waals surface area contributed by atoms with E-state index >= 15 is 0 Å². The summed E-state index contributed by atoms with van der Waals surface area (Å²) in [6, 6.07) is 0.856. The summed E-state index contributed by atoms with van der Waals surface area (Å²) in [4.78, 5) is 2.73. The molecule has 0 atom stereocenters. The van der Waals surface area contributed by atoms with Crippen molar-refractivity contribution in [2.24, 2.45) is 23.7 Å². The zero-order valence-corrected chi connectivity index (χ0v) is 15.0. The first-order chi connectivity index (χ1) is 10.7. The Morgan fingerprint density at radius 1 is 0.818 bits per heavy atom. The van der Waals surface area contributed by atoms with E-state index in [1.54, 1.807) is 0 Å². The van der Waals surface area contributed by atoms with E-state index in [-0.39, 0.29) is 0 Å². The lowest BCUT2D eigenvalue weighted by Crippen LogP contribution is -2.42. The molecule has 0 aromatic carbocycles. The van der Waals surface area contributed by atoms with Crippen molar-refractivity contribution in [3.63, 3.8) is 0 Å². The normalized spacial score (nSPS) is 37.9. The lowest BCUT2D eigenvalue weighted by molar-refractivity contribution is 0.163. The second-order valence-electron chi connectivity index (χ2n) is 8.88. The molecule has 2 nitrogen and oxygen atoms in total. The maximum absolute atomic E-state index is 3.81. The zero-order chi connectivity index (χ0) is 15.4. The van der Waals surface area contributed by atoms with E-state index < -0.39 is 0 Å². The molecule has 0 radical (unpaired) electrons. The highest BCUT2D eigenvalue weighted by molar-refractivity contribution is 4.84. The van der Waals surface area contributed by atoms with Crippen molar-refractivity contribution in [1.82, 2.24) is 10.2 Å². The number of piperidine rings is 1. The van der Waals surface area contributed by atoms with Gasteiger partial charge in [0.1, 0.15) is 0 Å². The minimum atomic E-state index is 0.856. The van der Waals surface area contributed by atoms with Crippen LogP contribution in [0.25, 0.3) is 0 Å². The SMILES string of the molecule is CC1CCN(CCC2CCC(CNC3CC(C)C3)CC2)CC1. The molecule has 0 unspecified atom stereocenters. The Bertz CT molecular complexity index is 308. The highest BCUT2D eigenvalue weighted by Gasteiger charge is 2.27. The van der Waals surface area contributed by atoms with Crippen molar-refractivity contribution >= 4 is 0 Å². The molecule has 2 aliphatic carbocycles. The van der Waals surface area contributed by atoms with Crippen LogP contribution in [0.5, 0.6) is 0 Å². The topological polar surface area (TPSA) is 15.3 Å². The highest BCUT2D eigenvalue weighted by atomic mass is 15.1. The van der Waals surface area contributed by atoms with Gasteiger partial charge in [-0.25, -0.2) is 0 Å². The number of likely N-dealkylation sites (tertiary alicyclic amines) is 1. The smallest absolute Gasteiger partial charge is 0.00722 e. The average Bonchev–Trinajstić information content (AvgIpc) is 2.51. The molecule has 3 rings (SSSR count). The van der Waals surface area contributed by atoms with Crippen LogP contribution < -0.4 is 5.32 Å². The Labute approximate surface area is 138 Å². The third kappa shape index (κ3) is 4.96. The molecular formula is C20H38N2. The van der Waals surface area contributed by atoms with Crippen LogP contribution in [-0.2, 0) is 0 Å². The monoisotopic (exact) mass is 306 g/mol. The summed E-state index contributed by atoms with van der Waals surface area (Å²) in [5, 5.41) is 3.81. The van der Waals surface area contributed by atoms with Crippen LogP contribution in [0, 0.1) is 23.7 Å². The summed E-state index contributed by atoms with van der Waals surface area (Å²) in [5.41, 5.74) is 0. The fourth-order valence-electron chi connectivity index (χ4n) is 4.78. The predicted molar refractivity (Wildman–Crippen MR) is 95.1 cm³/mol. The molecule has 22 heavy (non-hydrogen) atoms. The Morgan fingerprint density at radius 3 is 2.09 bits per heavy atom. The first-order valence-corrected chi connectivity index (χ1v) is 10.1. The van der Waals surface area contributed by atoms with E-state index in [0.29, 0.717) is 0 Å². The molecule has 1 aliphatic heterocycles. The molecule has 3 fully saturated rings. The number of nitrogens with zero attached hydrogens (tertiary/aromatic N) is 1. The molecule has 1 N–H and O–H groups in total. The Kier molecular flexibility index (Phi) is 6.21. The van der Waals surface area contributed by atoms with Crippen molar-refractivity contribution < 1.29 is 0 Å². The third-order valence-electron chi connectivity index (χ3n) is 6.77. The first kappa shape index (κ1) is 16.8. The molecule has 2 saturated carbocycles. The van der Waals surface area contributed by atoms with Crippen LogP contribution in [0.4, 0.5) is 0 Å². The lowest BCUT2D eigenvalue weighted by Gasteiger charge is -2.36. The van der Waals surface area contributed by atoms with Crippen LogP contribution in [0.2, 0.25) is 0 Å². The lowest BCUT2D eigenvalue weighted by atomic mass is 9.79. The first-order valence-electron chi connectivity index (χ1n) is 10.1. The van der Waals surface area contributed by atoms with Crippen molar-refractivity contribution in [1.29, 1.82) is 0 Å². The number of rotatable bonds is 6. The second-order valence-corrected chi connectivity index (χ2v) is 8.88. The second kappa shape index (κ2) is 8.15. The minimum Gasteiger partial charge on any atom is -0.314 e. The molecule has 0 aromatic heterocycles. The van der Waals surface area contributed by atoms with Gasteiger partial charge in [-0.1, -0.05) is 26.7 Å². The minimum absolute atomic E-state index is 0.856. The standard InChI is InChI=1S/C20H38N2/c1-16-7-10-22(11-8-16)12-9-18-3-5-19(6-4-18)15-21-20-13-17(2)14-20/h16-21H,3-15H2,1-2H3. The Hall–Kier alpha value is -0.0800. The molecule has 0 amide bonds. The van der Waals surface area contributed by atoms with Crippen molar-refractivity contribution in [2.75, 3.05) is 26.2 Å². The molecular weight excluding hydrogens is 268 g/mol. The fraction of sp³-hybridized carbons (Fsp3) is 1.00. The molecule has 128 valence electrons. The van der Waals surface area contributed by atoms with Gasteiger partial charge in [-0.05, 0) is 94.8 Å². The molecule has 0 aromatic rings. The van der Waals surface area contributed by atoms with Gasteiger partial charge in [0.05, 0.1) is 0 Å². The van der Waals surface area contributed by atoms with Gasteiger partial charge in [0.25, 0.3) is 0 Å². The summed E-state index contributed by atoms with van der Waals surface area (Å²) < 4.78 is 0. The van der Waals surface area contributed by atoms with Crippen LogP contribution in [-0.4, -0.2) is 37.1 Å². The van der Waals surface area contributed by atoms with E-state index in [1.165, 1.54) is 84.0 Å². The van der Waals surface area contributed by atoms with Crippen LogP contribution in [0.1, 0.15) is 71.6 Å². The maximum Gasteiger partial charge on any atom is 0.00722 e. The van der Waals surface area contributed by atoms with Gasteiger partial charge in [0.15, 0.2) is 0 Å². The fourth-order valence-corrected chi connectivity index (χ4v) is 4.78. The van der Waals surface area contributed by atoms with Crippen LogP contribution >= 0.6 is 0 Å². The van der Waals surface area contributed by atoms with Crippen molar-refractivity contribution in [3.05, 3.63) is 0 Å².